The zero-order valence-electron chi connectivity index (χ0n) is 19.0. The van der Waals surface area contributed by atoms with Crippen LogP contribution in [0.15, 0.2) is 18.5 Å². The molecule has 1 N–H and O–H groups in total. The lowest BCUT2D eigenvalue weighted by Crippen LogP contribution is -2.28. The van der Waals surface area contributed by atoms with Crippen molar-refractivity contribution in [1.29, 1.82) is 0 Å². The number of rotatable bonds is 5. The Labute approximate surface area is 165 Å². The summed E-state index contributed by atoms with van der Waals surface area (Å²) in [5.41, 5.74) is 2.63. The molecule has 2 aromatic heterocycles. The van der Waals surface area contributed by atoms with Crippen molar-refractivity contribution in [3.05, 3.63) is 41.5 Å². The fraction of sp³-hybridized carbons (Fsp3) is 0.696. The van der Waals surface area contributed by atoms with Crippen LogP contribution in [0.3, 0.4) is 0 Å². The summed E-state index contributed by atoms with van der Waals surface area (Å²) in [6, 6.07) is 4.47. The van der Waals surface area contributed by atoms with Gasteiger partial charge in [-0.25, -0.2) is 15.0 Å². The molecule has 0 radical (unpaired) electrons. The summed E-state index contributed by atoms with van der Waals surface area (Å²) in [6.07, 6.45) is 3.73. The number of hydrogen-bond donors (Lipinski definition) is 1. The van der Waals surface area contributed by atoms with Crippen LogP contribution in [-0.2, 0) is 21.7 Å². The number of hydrogen-bond acceptors (Lipinski definition) is 3. The summed E-state index contributed by atoms with van der Waals surface area (Å²) in [5, 5.41) is 0. The lowest BCUT2D eigenvalue weighted by Gasteiger charge is -2.30. The van der Waals surface area contributed by atoms with Crippen LogP contribution in [0.25, 0.3) is 0 Å². The lowest BCUT2D eigenvalue weighted by molar-refractivity contribution is 0.353. The molecule has 0 saturated carbocycles. The molecule has 0 atom stereocenters. The molecule has 2 rings (SSSR count). The van der Waals surface area contributed by atoms with Gasteiger partial charge < -0.3 is 4.98 Å². The summed E-state index contributed by atoms with van der Waals surface area (Å²) >= 11 is 0. The van der Waals surface area contributed by atoms with E-state index in [1.54, 1.807) is 6.33 Å². The quantitative estimate of drug-likeness (QED) is 0.720. The van der Waals surface area contributed by atoms with Gasteiger partial charge in [-0.3, -0.25) is 0 Å². The molecule has 27 heavy (non-hydrogen) atoms. The second kappa shape index (κ2) is 7.03. The lowest BCUT2D eigenvalue weighted by atomic mass is 9.77. The predicted octanol–water partition coefficient (Wildman–Crippen LogP) is 5.83. The van der Waals surface area contributed by atoms with Crippen molar-refractivity contribution in [2.75, 3.05) is 0 Å². The van der Waals surface area contributed by atoms with Crippen LogP contribution in [0.2, 0.25) is 0 Å². The van der Waals surface area contributed by atoms with Crippen molar-refractivity contribution < 1.29 is 0 Å². The average molecular weight is 371 g/mol. The number of nitrogens with zero attached hydrogens (tertiary/aromatic N) is 3. The standard InChI is InChI=1S/C23H38N4/c1-20(2,3)16-11-12-17(26-16)22(7,8)13-14-23(9,10)19-25-15-24-18(27-19)21(4,5)6/h11-12,15,26H,13-14H2,1-10H3. The zero-order valence-corrected chi connectivity index (χ0v) is 19.0. The fourth-order valence-electron chi connectivity index (χ4n) is 3.08. The molecule has 2 heterocycles. The Balaban J connectivity index is 2.17. The van der Waals surface area contributed by atoms with Gasteiger partial charge in [-0.2, -0.15) is 0 Å². The summed E-state index contributed by atoms with van der Waals surface area (Å²) in [4.78, 5) is 17.3. The highest BCUT2D eigenvalue weighted by atomic mass is 15.0. The number of nitrogens with one attached hydrogen (secondary N) is 1. The highest BCUT2D eigenvalue weighted by Gasteiger charge is 2.31. The van der Waals surface area contributed by atoms with E-state index in [4.69, 9.17) is 4.98 Å². The number of aromatic nitrogens is 4. The van der Waals surface area contributed by atoms with Gasteiger partial charge in [0, 0.05) is 33.0 Å². The fourth-order valence-corrected chi connectivity index (χ4v) is 3.08. The van der Waals surface area contributed by atoms with Crippen LogP contribution >= 0.6 is 0 Å². The molecule has 2 aromatic rings. The first-order valence-corrected chi connectivity index (χ1v) is 10.0. The van der Waals surface area contributed by atoms with E-state index >= 15 is 0 Å². The van der Waals surface area contributed by atoms with Gasteiger partial charge in [0.2, 0.25) is 0 Å². The van der Waals surface area contributed by atoms with Crippen LogP contribution in [0, 0.1) is 0 Å². The topological polar surface area (TPSA) is 54.5 Å². The van der Waals surface area contributed by atoms with E-state index in [0.29, 0.717) is 0 Å². The van der Waals surface area contributed by atoms with Gasteiger partial charge in [0.05, 0.1) is 0 Å². The molecule has 0 aromatic carbocycles. The smallest absolute Gasteiger partial charge is 0.137 e. The van der Waals surface area contributed by atoms with Gasteiger partial charge in [-0.1, -0.05) is 69.2 Å². The molecule has 4 heteroatoms. The predicted molar refractivity (Wildman–Crippen MR) is 113 cm³/mol. The van der Waals surface area contributed by atoms with Crippen molar-refractivity contribution in [3.63, 3.8) is 0 Å². The largest absolute Gasteiger partial charge is 0.361 e. The third-order valence-corrected chi connectivity index (χ3v) is 5.45. The van der Waals surface area contributed by atoms with Crippen LogP contribution in [0.5, 0.6) is 0 Å². The van der Waals surface area contributed by atoms with Crippen LogP contribution in [-0.4, -0.2) is 19.9 Å². The minimum atomic E-state index is -0.0976. The van der Waals surface area contributed by atoms with Crippen molar-refractivity contribution in [3.8, 4) is 0 Å². The zero-order chi connectivity index (χ0) is 20.7. The first kappa shape index (κ1) is 21.6. The maximum absolute atomic E-state index is 4.80. The Hall–Kier alpha value is -1.71. The van der Waals surface area contributed by atoms with Crippen molar-refractivity contribution in [1.82, 2.24) is 19.9 Å². The SMILES string of the molecule is CC(C)(C)c1ncnc(C(C)(C)CCC(C)(C)c2ccc(C(C)(C)C)[nH]2)n1. The first-order chi connectivity index (χ1) is 12.1. The van der Waals surface area contributed by atoms with E-state index in [1.807, 2.05) is 0 Å². The van der Waals surface area contributed by atoms with Crippen molar-refractivity contribution in [2.24, 2.45) is 0 Å². The molecule has 0 fully saturated rings. The summed E-state index contributed by atoms with van der Waals surface area (Å²) in [6.45, 7) is 22.2. The molecular formula is C23H38N4. The number of aromatic amines is 1. The van der Waals surface area contributed by atoms with Gasteiger partial charge in [0.1, 0.15) is 18.0 Å². The van der Waals surface area contributed by atoms with E-state index in [9.17, 15) is 0 Å². The van der Waals surface area contributed by atoms with Gasteiger partial charge in [0.15, 0.2) is 0 Å². The molecular weight excluding hydrogens is 332 g/mol. The second-order valence-corrected chi connectivity index (χ2v) is 11.2. The van der Waals surface area contributed by atoms with Crippen LogP contribution in [0.1, 0.15) is 105 Å². The van der Waals surface area contributed by atoms with Gasteiger partial charge in [-0.05, 0) is 25.0 Å². The summed E-state index contributed by atoms with van der Waals surface area (Å²) in [5.74, 6) is 1.75. The molecule has 0 saturated heterocycles. The summed E-state index contributed by atoms with van der Waals surface area (Å²) in [7, 11) is 0. The van der Waals surface area contributed by atoms with E-state index in [2.05, 4.69) is 96.3 Å². The first-order valence-electron chi connectivity index (χ1n) is 10.0. The van der Waals surface area contributed by atoms with Crippen LogP contribution < -0.4 is 0 Å². The highest BCUT2D eigenvalue weighted by molar-refractivity contribution is 5.24. The Morgan fingerprint density at radius 1 is 0.667 bits per heavy atom. The molecule has 4 nitrogen and oxygen atoms in total. The molecule has 0 amide bonds. The highest BCUT2D eigenvalue weighted by Crippen LogP contribution is 2.36. The second-order valence-electron chi connectivity index (χ2n) is 11.2. The normalized spacial score (nSPS) is 13.9. The third kappa shape index (κ3) is 5.18. The Morgan fingerprint density at radius 3 is 1.70 bits per heavy atom. The third-order valence-electron chi connectivity index (χ3n) is 5.45. The van der Waals surface area contributed by atoms with Gasteiger partial charge in [-0.15, -0.1) is 0 Å². The summed E-state index contributed by atoms with van der Waals surface area (Å²) < 4.78 is 0. The molecule has 0 aliphatic heterocycles. The van der Waals surface area contributed by atoms with E-state index < -0.39 is 0 Å². The minimum Gasteiger partial charge on any atom is -0.361 e. The minimum absolute atomic E-state index is 0.0688. The van der Waals surface area contributed by atoms with Crippen molar-refractivity contribution >= 4 is 0 Å². The number of H-pyrrole nitrogens is 1. The molecule has 0 bridgehead atoms. The molecule has 0 aliphatic rings. The monoisotopic (exact) mass is 370 g/mol. The molecule has 150 valence electrons. The Morgan fingerprint density at radius 2 is 1.19 bits per heavy atom. The Bertz CT molecular complexity index is 770. The molecule has 0 spiro atoms. The average Bonchev–Trinajstić information content (AvgIpc) is 3.04. The van der Waals surface area contributed by atoms with E-state index in [-0.39, 0.29) is 21.7 Å². The molecule has 0 unspecified atom stereocenters. The van der Waals surface area contributed by atoms with E-state index in [0.717, 1.165) is 24.5 Å². The molecule has 0 aliphatic carbocycles. The van der Waals surface area contributed by atoms with Crippen LogP contribution in [0.4, 0.5) is 0 Å². The van der Waals surface area contributed by atoms with Gasteiger partial charge >= 0.3 is 0 Å². The maximum Gasteiger partial charge on any atom is 0.137 e. The van der Waals surface area contributed by atoms with E-state index in [1.165, 1.54) is 11.4 Å². The maximum atomic E-state index is 4.80. The van der Waals surface area contributed by atoms with Gasteiger partial charge in [0.25, 0.3) is 0 Å². The Kier molecular flexibility index (Phi) is 5.62. The van der Waals surface area contributed by atoms with Crippen molar-refractivity contribution in [2.45, 2.75) is 104 Å².